The fraction of sp³-hybridized carbons (Fsp3) is 0.571. The SMILES string of the molecule is OCC1(Nc2cccc(Cl)c2)CCCCCC1. The van der Waals surface area contributed by atoms with Crippen molar-refractivity contribution in [1.29, 1.82) is 0 Å². The van der Waals surface area contributed by atoms with Gasteiger partial charge in [-0.2, -0.15) is 0 Å². The van der Waals surface area contributed by atoms with Crippen molar-refractivity contribution < 1.29 is 5.11 Å². The molecule has 17 heavy (non-hydrogen) atoms. The molecule has 0 radical (unpaired) electrons. The number of rotatable bonds is 3. The van der Waals surface area contributed by atoms with Gasteiger partial charge in [0.15, 0.2) is 0 Å². The van der Waals surface area contributed by atoms with Gasteiger partial charge >= 0.3 is 0 Å². The first-order valence-corrected chi connectivity index (χ1v) is 6.77. The summed E-state index contributed by atoms with van der Waals surface area (Å²) >= 11 is 5.98. The summed E-state index contributed by atoms with van der Waals surface area (Å²) in [5.41, 5.74) is 0.856. The third-order valence-electron chi connectivity index (χ3n) is 3.60. The van der Waals surface area contributed by atoms with Gasteiger partial charge in [-0.25, -0.2) is 0 Å². The maximum Gasteiger partial charge on any atom is 0.0661 e. The third kappa shape index (κ3) is 3.36. The van der Waals surface area contributed by atoms with E-state index in [-0.39, 0.29) is 12.1 Å². The second-order valence-corrected chi connectivity index (χ2v) is 5.42. The standard InChI is InChI=1S/C14H20ClNO/c15-12-6-5-7-13(10-12)16-14(11-17)8-3-1-2-4-9-14/h5-7,10,16-17H,1-4,8-9,11H2. The molecule has 2 N–H and O–H groups in total. The van der Waals surface area contributed by atoms with Crippen LogP contribution in [-0.2, 0) is 0 Å². The molecule has 0 heterocycles. The lowest BCUT2D eigenvalue weighted by Gasteiger charge is -2.33. The molecule has 0 aliphatic heterocycles. The van der Waals surface area contributed by atoms with Gasteiger partial charge in [0.05, 0.1) is 12.1 Å². The monoisotopic (exact) mass is 253 g/mol. The van der Waals surface area contributed by atoms with Crippen molar-refractivity contribution in [3.05, 3.63) is 29.3 Å². The van der Waals surface area contributed by atoms with Crippen LogP contribution in [0.1, 0.15) is 38.5 Å². The maximum absolute atomic E-state index is 9.70. The Morgan fingerprint density at radius 1 is 1.18 bits per heavy atom. The summed E-state index contributed by atoms with van der Waals surface area (Å²) in [6, 6.07) is 7.73. The number of hydrogen-bond acceptors (Lipinski definition) is 2. The van der Waals surface area contributed by atoms with E-state index >= 15 is 0 Å². The minimum absolute atomic E-state index is 0.152. The van der Waals surface area contributed by atoms with Gasteiger partial charge in [-0.3, -0.25) is 0 Å². The van der Waals surface area contributed by atoms with Crippen LogP contribution < -0.4 is 5.32 Å². The van der Waals surface area contributed by atoms with Crippen molar-refractivity contribution in [3.8, 4) is 0 Å². The van der Waals surface area contributed by atoms with Crippen LogP contribution in [0.3, 0.4) is 0 Å². The highest BCUT2D eigenvalue weighted by atomic mass is 35.5. The normalized spacial score (nSPS) is 19.6. The number of aliphatic hydroxyl groups is 1. The maximum atomic E-state index is 9.70. The second kappa shape index (κ2) is 5.74. The molecule has 1 aromatic carbocycles. The Hall–Kier alpha value is -0.730. The van der Waals surface area contributed by atoms with Gasteiger partial charge in [0.25, 0.3) is 0 Å². The summed E-state index contributed by atoms with van der Waals surface area (Å²) < 4.78 is 0. The molecule has 2 nitrogen and oxygen atoms in total. The van der Waals surface area contributed by atoms with Gasteiger partial charge in [-0.1, -0.05) is 43.4 Å². The zero-order valence-corrected chi connectivity index (χ0v) is 10.8. The molecule has 0 saturated heterocycles. The van der Waals surface area contributed by atoms with Gasteiger partial charge in [-0.05, 0) is 31.0 Å². The predicted molar refractivity (Wildman–Crippen MR) is 72.6 cm³/mol. The molecule has 1 aliphatic carbocycles. The van der Waals surface area contributed by atoms with Gasteiger partial charge in [0, 0.05) is 10.7 Å². The Morgan fingerprint density at radius 3 is 2.47 bits per heavy atom. The summed E-state index contributed by atoms with van der Waals surface area (Å²) in [7, 11) is 0. The second-order valence-electron chi connectivity index (χ2n) is 4.99. The number of aliphatic hydroxyl groups excluding tert-OH is 1. The molecule has 0 unspecified atom stereocenters. The first kappa shape index (κ1) is 12.7. The van der Waals surface area contributed by atoms with Crippen molar-refractivity contribution >= 4 is 17.3 Å². The van der Waals surface area contributed by atoms with Crippen molar-refractivity contribution in [2.45, 2.75) is 44.1 Å². The minimum Gasteiger partial charge on any atom is -0.394 e. The van der Waals surface area contributed by atoms with E-state index in [0.29, 0.717) is 0 Å². The first-order chi connectivity index (χ1) is 8.24. The Bertz CT molecular complexity index is 359. The van der Waals surface area contributed by atoms with E-state index in [1.807, 2.05) is 24.3 Å². The topological polar surface area (TPSA) is 32.3 Å². The van der Waals surface area contributed by atoms with Crippen LogP contribution in [-0.4, -0.2) is 17.3 Å². The fourth-order valence-corrected chi connectivity index (χ4v) is 2.79. The lowest BCUT2D eigenvalue weighted by Crippen LogP contribution is -2.41. The molecule has 0 spiro atoms. The van der Waals surface area contributed by atoms with E-state index in [1.54, 1.807) is 0 Å². The Balaban J connectivity index is 2.12. The fourth-order valence-electron chi connectivity index (χ4n) is 2.60. The van der Waals surface area contributed by atoms with Crippen LogP contribution in [0.2, 0.25) is 5.02 Å². The van der Waals surface area contributed by atoms with Crippen LogP contribution in [0.25, 0.3) is 0 Å². The van der Waals surface area contributed by atoms with Crippen LogP contribution in [0.5, 0.6) is 0 Å². The average molecular weight is 254 g/mol. The molecule has 0 atom stereocenters. The molecule has 1 aliphatic rings. The third-order valence-corrected chi connectivity index (χ3v) is 3.83. The molecular weight excluding hydrogens is 234 g/mol. The highest BCUT2D eigenvalue weighted by Crippen LogP contribution is 2.31. The number of benzene rings is 1. The Kier molecular flexibility index (Phi) is 4.30. The van der Waals surface area contributed by atoms with Crippen LogP contribution in [0, 0.1) is 0 Å². The Morgan fingerprint density at radius 2 is 1.88 bits per heavy atom. The van der Waals surface area contributed by atoms with Gasteiger partial charge < -0.3 is 10.4 Å². The molecule has 1 saturated carbocycles. The summed E-state index contributed by atoms with van der Waals surface area (Å²) in [6.07, 6.45) is 7.01. The molecule has 94 valence electrons. The zero-order valence-electron chi connectivity index (χ0n) is 10.1. The molecule has 2 rings (SSSR count). The van der Waals surface area contributed by atoms with Crippen LogP contribution in [0.4, 0.5) is 5.69 Å². The van der Waals surface area contributed by atoms with Crippen LogP contribution >= 0.6 is 11.6 Å². The van der Waals surface area contributed by atoms with E-state index in [4.69, 9.17) is 11.6 Å². The average Bonchev–Trinajstić information content (AvgIpc) is 2.55. The minimum atomic E-state index is -0.152. The molecule has 1 fully saturated rings. The van der Waals surface area contributed by atoms with Crippen molar-refractivity contribution in [3.63, 3.8) is 0 Å². The smallest absolute Gasteiger partial charge is 0.0661 e. The summed E-state index contributed by atoms with van der Waals surface area (Å²) in [5.74, 6) is 0. The zero-order chi connectivity index (χ0) is 12.1. The van der Waals surface area contributed by atoms with Gasteiger partial charge in [0.1, 0.15) is 0 Å². The molecule has 0 bridgehead atoms. The summed E-state index contributed by atoms with van der Waals surface area (Å²) in [4.78, 5) is 0. The van der Waals surface area contributed by atoms with E-state index in [0.717, 1.165) is 23.6 Å². The largest absolute Gasteiger partial charge is 0.394 e. The molecule has 1 aromatic rings. The Labute approximate surface area is 108 Å². The van der Waals surface area contributed by atoms with E-state index in [2.05, 4.69) is 5.32 Å². The van der Waals surface area contributed by atoms with E-state index < -0.39 is 0 Å². The van der Waals surface area contributed by atoms with Crippen molar-refractivity contribution in [2.75, 3.05) is 11.9 Å². The number of anilines is 1. The van der Waals surface area contributed by atoms with Crippen LogP contribution in [0.15, 0.2) is 24.3 Å². The highest BCUT2D eigenvalue weighted by molar-refractivity contribution is 6.30. The number of halogens is 1. The first-order valence-electron chi connectivity index (χ1n) is 6.39. The number of nitrogens with one attached hydrogen (secondary N) is 1. The molecule has 3 heteroatoms. The predicted octanol–water partition coefficient (Wildman–Crippen LogP) is 3.84. The summed E-state index contributed by atoms with van der Waals surface area (Å²) in [5, 5.41) is 13.9. The van der Waals surface area contributed by atoms with Crippen molar-refractivity contribution in [2.24, 2.45) is 0 Å². The highest BCUT2D eigenvalue weighted by Gasteiger charge is 2.29. The lowest BCUT2D eigenvalue weighted by atomic mass is 9.91. The van der Waals surface area contributed by atoms with Gasteiger partial charge in [-0.15, -0.1) is 0 Å². The van der Waals surface area contributed by atoms with Gasteiger partial charge in [0.2, 0.25) is 0 Å². The summed E-state index contributed by atoms with van der Waals surface area (Å²) in [6.45, 7) is 0.194. The lowest BCUT2D eigenvalue weighted by molar-refractivity contribution is 0.196. The molecular formula is C14H20ClNO. The quantitative estimate of drug-likeness (QED) is 0.803. The molecule has 0 amide bonds. The molecule has 0 aromatic heterocycles. The van der Waals surface area contributed by atoms with Crippen molar-refractivity contribution in [1.82, 2.24) is 0 Å². The van der Waals surface area contributed by atoms with E-state index in [1.165, 1.54) is 25.7 Å². The number of hydrogen-bond donors (Lipinski definition) is 2. The van der Waals surface area contributed by atoms with E-state index in [9.17, 15) is 5.11 Å².